The molecule has 0 spiro atoms. The molecule has 4 aromatic rings. The maximum absolute atomic E-state index is 10.9. The van der Waals surface area contributed by atoms with E-state index in [1.807, 2.05) is 49.4 Å². The number of nitro groups is 1. The summed E-state index contributed by atoms with van der Waals surface area (Å²) in [4.78, 5) is 16.1. The van der Waals surface area contributed by atoms with Gasteiger partial charge in [-0.1, -0.05) is 41.7 Å². The molecule has 2 aromatic heterocycles. The number of benzene rings is 2. The zero-order valence-corrected chi connectivity index (χ0v) is 16.2. The lowest BCUT2D eigenvalue weighted by atomic mass is 10.1. The summed E-state index contributed by atoms with van der Waals surface area (Å²) in [6, 6.07) is 19.9. The maximum atomic E-state index is 10.9. The summed E-state index contributed by atoms with van der Waals surface area (Å²) >= 11 is 1.43. The fourth-order valence-corrected chi connectivity index (χ4v) is 3.71. The molecular weight excluding hydrogens is 388 g/mol. The summed E-state index contributed by atoms with van der Waals surface area (Å²) in [5.41, 5.74) is 5.59. The molecular formula is C21H16N4O3S. The minimum Gasteiger partial charge on any atom is -0.460 e. The lowest BCUT2D eigenvalue weighted by Gasteiger charge is -2.02. The van der Waals surface area contributed by atoms with Crippen LogP contribution in [0, 0.1) is 17.0 Å². The molecule has 8 heteroatoms. The largest absolute Gasteiger partial charge is 0.460 e. The van der Waals surface area contributed by atoms with Crippen molar-refractivity contribution in [1.29, 1.82) is 0 Å². The SMILES string of the molecule is Cc1ccc(/C=N\Nc2nc(-c3ccccc3)c(-c3ccc([N+](=O)[O-])cc3)s2)o1. The molecule has 0 unspecified atom stereocenters. The highest BCUT2D eigenvalue weighted by Crippen LogP contribution is 2.39. The van der Waals surface area contributed by atoms with Crippen LogP contribution in [0.25, 0.3) is 21.7 Å². The number of non-ortho nitro benzene ring substituents is 1. The lowest BCUT2D eigenvalue weighted by molar-refractivity contribution is -0.384. The normalized spacial score (nSPS) is 11.1. The Kier molecular flexibility index (Phi) is 5.17. The number of nitrogens with zero attached hydrogens (tertiary/aromatic N) is 3. The van der Waals surface area contributed by atoms with E-state index in [0.29, 0.717) is 10.9 Å². The van der Waals surface area contributed by atoms with Crippen LogP contribution in [0.5, 0.6) is 0 Å². The Morgan fingerprint density at radius 2 is 1.83 bits per heavy atom. The van der Waals surface area contributed by atoms with Crippen molar-refractivity contribution in [1.82, 2.24) is 4.98 Å². The molecule has 0 saturated carbocycles. The second-order valence-electron chi connectivity index (χ2n) is 6.19. The monoisotopic (exact) mass is 404 g/mol. The molecule has 1 N–H and O–H groups in total. The number of anilines is 1. The molecule has 4 rings (SSSR count). The molecule has 0 saturated heterocycles. The van der Waals surface area contributed by atoms with Gasteiger partial charge in [-0.05, 0) is 36.8 Å². The highest BCUT2D eigenvalue weighted by molar-refractivity contribution is 7.19. The second-order valence-corrected chi connectivity index (χ2v) is 7.18. The minimum absolute atomic E-state index is 0.0521. The van der Waals surface area contributed by atoms with E-state index in [0.717, 1.165) is 27.5 Å². The molecule has 0 bridgehead atoms. The Labute approximate surface area is 170 Å². The number of aromatic nitrogens is 1. The van der Waals surface area contributed by atoms with Crippen LogP contribution in [0.1, 0.15) is 11.5 Å². The first-order chi connectivity index (χ1) is 14.1. The van der Waals surface area contributed by atoms with Gasteiger partial charge < -0.3 is 4.42 Å². The number of nitrogens with one attached hydrogen (secondary N) is 1. The highest BCUT2D eigenvalue weighted by Gasteiger charge is 2.16. The first-order valence-corrected chi connectivity index (χ1v) is 9.58. The van der Waals surface area contributed by atoms with E-state index in [1.165, 1.54) is 23.5 Å². The second kappa shape index (κ2) is 8.07. The summed E-state index contributed by atoms with van der Waals surface area (Å²) in [5.74, 6) is 1.46. The fourth-order valence-electron chi connectivity index (χ4n) is 2.76. The average molecular weight is 404 g/mol. The van der Waals surface area contributed by atoms with E-state index in [2.05, 4.69) is 15.5 Å². The number of rotatable bonds is 6. The molecule has 144 valence electrons. The van der Waals surface area contributed by atoms with Crippen molar-refractivity contribution >= 4 is 28.4 Å². The molecule has 2 heterocycles. The van der Waals surface area contributed by atoms with Gasteiger partial charge >= 0.3 is 0 Å². The first-order valence-electron chi connectivity index (χ1n) is 8.77. The van der Waals surface area contributed by atoms with Crippen LogP contribution >= 0.6 is 11.3 Å². The molecule has 7 nitrogen and oxygen atoms in total. The summed E-state index contributed by atoms with van der Waals surface area (Å²) in [6.07, 6.45) is 1.59. The Balaban J connectivity index is 1.67. The smallest absolute Gasteiger partial charge is 0.269 e. The van der Waals surface area contributed by atoms with Gasteiger partial charge in [-0.3, -0.25) is 15.5 Å². The van der Waals surface area contributed by atoms with Crippen molar-refractivity contribution in [2.24, 2.45) is 5.10 Å². The quantitative estimate of drug-likeness (QED) is 0.251. The van der Waals surface area contributed by atoms with E-state index in [1.54, 1.807) is 18.3 Å². The zero-order chi connectivity index (χ0) is 20.2. The number of hydrazone groups is 1. The topological polar surface area (TPSA) is 93.6 Å². The Morgan fingerprint density at radius 1 is 1.07 bits per heavy atom. The molecule has 0 fully saturated rings. The summed E-state index contributed by atoms with van der Waals surface area (Å²) < 4.78 is 5.46. The molecule has 29 heavy (non-hydrogen) atoms. The summed E-state index contributed by atoms with van der Waals surface area (Å²) in [7, 11) is 0. The van der Waals surface area contributed by atoms with Gasteiger partial charge in [-0.25, -0.2) is 4.98 Å². The Hall–Kier alpha value is -3.78. The Bertz CT molecular complexity index is 1160. The van der Waals surface area contributed by atoms with Crippen LogP contribution in [-0.2, 0) is 0 Å². The van der Waals surface area contributed by atoms with Crippen LogP contribution in [0.2, 0.25) is 0 Å². The van der Waals surface area contributed by atoms with Gasteiger partial charge in [-0.2, -0.15) is 5.10 Å². The van der Waals surface area contributed by atoms with E-state index in [4.69, 9.17) is 4.42 Å². The molecule has 0 radical (unpaired) electrons. The van der Waals surface area contributed by atoms with Gasteiger partial charge in [0.2, 0.25) is 5.13 Å². The van der Waals surface area contributed by atoms with E-state index < -0.39 is 4.92 Å². The lowest BCUT2D eigenvalue weighted by Crippen LogP contribution is -1.89. The van der Waals surface area contributed by atoms with E-state index in [9.17, 15) is 10.1 Å². The third-order valence-electron chi connectivity index (χ3n) is 4.13. The van der Waals surface area contributed by atoms with Crippen LogP contribution < -0.4 is 5.43 Å². The van der Waals surface area contributed by atoms with Gasteiger partial charge in [0.05, 0.1) is 21.7 Å². The summed E-state index contributed by atoms with van der Waals surface area (Å²) in [5, 5.41) is 15.7. The van der Waals surface area contributed by atoms with Crippen LogP contribution in [0.15, 0.2) is 76.2 Å². The molecule has 0 aliphatic rings. The number of aryl methyl sites for hydroxylation is 1. The van der Waals surface area contributed by atoms with Gasteiger partial charge in [0.1, 0.15) is 11.5 Å². The third-order valence-corrected chi connectivity index (χ3v) is 5.14. The van der Waals surface area contributed by atoms with Crippen LogP contribution in [-0.4, -0.2) is 16.1 Å². The number of thiazole rings is 1. The van der Waals surface area contributed by atoms with Crippen molar-refractivity contribution in [2.45, 2.75) is 6.92 Å². The van der Waals surface area contributed by atoms with E-state index >= 15 is 0 Å². The molecule has 0 atom stereocenters. The summed E-state index contributed by atoms with van der Waals surface area (Å²) in [6.45, 7) is 1.87. The predicted octanol–water partition coefficient (Wildman–Crippen LogP) is 5.73. The average Bonchev–Trinajstić information content (AvgIpc) is 3.35. The van der Waals surface area contributed by atoms with Crippen molar-refractivity contribution in [2.75, 3.05) is 5.43 Å². The van der Waals surface area contributed by atoms with Gasteiger partial charge in [0.15, 0.2) is 0 Å². The van der Waals surface area contributed by atoms with Gasteiger partial charge in [0.25, 0.3) is 5.69 Å². The number of hydrogen-bond acceptors (Lipinski definition) is 7. The number of nitro benzene ring substituents is 1. The van der Waals surface area contributed by atoms with Crippen LogP contribution in [0.3, 0.4) is 0 Å². The van der Waals surface area contributed by atoms with Gasteiger partial charge in [0, 0.05) is 17.7 Å². The number of hydrogen-bond donors (Lipinski definition) is 1. The molecule has 2 aromatic carbocycles. The molecule has 0 aliphatic carbocycles. The van der Waals surface area contributed by atoms with Crippen LogP contribution in [0.4, 0.5) is 10.8 Å². The highest BCUT2D eigenvalue weighted by atomic mass is 32.1. The molecule has 0 aliphatic heterocycles. The van der Waals surface area contributed by atoms with E-state index in [-0.39, 0.29) is 5.69 Å². The maximum Gasteiger partial charge on any atom is 0.269 e. The standard InChI is InChI=1S/C21H16N4O3S/c1-14-7-12-18(28-14)13-22-24-21-23-19(15-5-3-2-4-6-15)20(29-21)16-8-10-17(11-9-16)25(26)27/h2-13H,1H3,(H,23,24)/b22-13-. The van der Waals surface area contributed by atoms with Gasteiger partial charge in [-0.15, -0.1) is 0 Å². The zero-order valence-electron chi connectivity index (χ0n) is 15.4. The Morgan fingerprint density at radius 3 is 2.48 bits per heavy atom. The first kappa shape index (κ1) is 18.6. The minimum atomic E-state index is -0.410. The van der Waals surface area contributed by atoms with Crippen molar-refractivity contribution < 1.29 is 9.34 Å². The van der Waals surface area contributed by atoms with Crippen molar-refractivity contribution in [3.05, 3.63) is 88.4 Å². The number of furan rings is 1. The molecule has 0 amide bonds. The van der Waals surface area contributed by atoms with Crippen molar-refractivity contribution in [3.63, 3.8) is 0 Å². The van der Waals surface area contributed by atoms with Crippen molar-refractivity contribution in [3.8, 4) is 21.7 Å². The fraction of sp³-hybridized carbons (Fsp3) is 0.0476. The predicted molar refractivity (Wildman–Crippen MR) is 114 cm³/mol. The third kappa shape index (κ3) is 4.22.